The van der Waals surface area contributed by atoms with E-state index in [0.717, 1.165) is 6.29 Å². The number of hydrogen-bond donors (Lipinski definition) is 0. The average Bonchev–Trinajstić information content (AvgIpc) is 1.69. The average molecular weight is 117 g/mol. The van der Waals surface area contributed by atoms with Crippen molar-refractivity contribution in [2.45, 2.75) is 0 Å². The maximum Gasteiger partial charge on any atom is 0.130 e. The molecule has 0 saturated heterocycles. The van der Waals surface area contributed by atoms with Crippen LogP contribution in [0.1, 0.15) is 0 Å². The highest BCUT2D eigenvalue weighted by Crippen LogP contribution is 1.87. The Hall–Kier alpha value is -0.310. The van der Waals surface area contributed by atoms with E-state index in [1.807, 2.05) is 0 Å². The van der Waals surface area contributed by atoms with E-state index in [9.17, 15) is 4.79 Å². The Kier molecular flexibility index (Phi) is 5.44. The van der Waals surface area contributed by atoms with Gasteiger partial charge in [-0.3, -0.25) is 4.99 Å². The summed E-state index contributed by atoms with van der Waals surface area (Å²) >= 11 is 1.39. The zero-order valence-electron chi connectivity index (χ0n) is 4.13. The first-order valence-corrected chi connectivity index (χ1v) is 2.92. The minimum atomic E-state index is 0.511. The van der Waals surface area contributed by atoms with Gasteiger partial charge in [-0.15, -0.1) is 11.8 Å². The van der Waals surface area contributed by atoms with Crippen LogP contribution in [0.2, 0.25) is 0 Å². The molecule has 3 heteroatoms. The predicted molar refractivity (Wildman–Crippen MR) is 32.9 cm³/mol. The first-order chi connectivity index (χ1) is 3.41. The van der Waals surface area contributed by atoms with Crippen LogP contribution in [-0.4, -0.2) is 24.6 Å². The van der Waals surface area contributed by atoms with Gasteiger partial charge < -0.3 is 4.79 Å². The molecule has 0 radical (unpaired) electrons. The summed E-state index contributed by atoms with van der Waals surface area (Å²) in [6.07, 6.45) is 0.854. The molecule has 2 nitrogen and oxygen atoms in total. The summed E-state index contributed by atoms with van der Waals surface area (Å²) in [6, 6.07) is 0. The largest absolute Gasteiger partial charge is 0.302 e. The first kappa shape index (κ1) is 6.69. The molecule has 0 aliphatic carbocycles. The zero-order valence-corrected chi connectivity index (χ0v) is 4.94. The number of hydrogen-bond acceptors (Lipinski definition) is 3. The van der Waals surface area contributed by atoms with E-state index in [0.29, 0.717) is 5.75 Å². The number of rotatable bonds is 3. The number of carbonyl (C=O) groups excluding carboxylic acids is 1. The molecule has 40 valence electrons. The van der Waals surface area contributed by atoms with Crippen LogP contribution < -0.4 is 0 Å². The van der Waals surface area contributed by atoms with E-state index in [-0.39, 0.29) is 0 Å². The van der Waals surface area contributed by atoms with Gasteiger partial charge in [0.1, 0.15) is 6.29 Å². The highest BCUT2D eigenvalue weighted by Gasteiger charge is 1.73. The van der Waals surface area contributed by atoms with Crippen molar-refractivity contribution >= 4 is 23.6 Å². The van der Waals surface area contributed by atoms with E-state index in [1.165, 1.54) is 11.8 Å². The third-order valence-corrected chi connectivity index (χ3v) is 1.03. The van der Waals surface area contributed by atoms with Gasteiger partial charge in [0.25, 0.3) is 0 Å². The molecular weight excluding hydrogens is 110 g/mol. The van der Waals surface area contributed by atoms with Crippen LogP contribution in [0.15, 0.2) is 4.99 Å². The Morgan fingerprint density at radius 2 is 2.57 bits per heavy atom. The van der Waals surface area contributed by atoms with Gasteiger partial charge in [0.15, 0.2) is 0 Å². The minimum absolute atomic E-state index is 0.511. The molecule has 0 amide bonds. The third kappa shape index (κ3) is 5.69. The lowest BCUT2D eigenvalue weighted by molar-refractivity contribution is -0.105. The second kappa shape index (κ2) is 5.69. The van der Waals surface area contributed by atoms with Gasteiger partial charge in [-0.2, -0.15) is 0 Å². The topological polar surface area (TPSA) is 29.4 Å². The van der Waals surface area contributed by atoms with Crippen LogP contribution in [0.4, 0.5) is 0 Å². The summed E-state index contributed by atoms with van der Waals surface area (Å²) < 4.78 is 0. The standard InChI is InChI=1S/C4H7NOS/c1-5-4-7-3-2-6/h2,4H,3H2,1H3. The summed E-state index contributed by atoms with van der Waals surface area (Å²) in [4.78, 5) is 13.2. The van der Waals surface area contributed by atoms with Crippen LogP contribution in [0, 0.1) is 0 Å². The molecule has 0 aromatic carbocycles. The fourth-order valence-electron chi connectivity index (χ4n) is 0.157. The molecule has 0 aliphatic heterocycles. The van der Waals surface area contributed by atoms with Gasteiger partial charge in [-0.05, 0) is 0 Å². The molecular formula is C4H7NOS. The maximum atomic E-state index is 9.60. The molecule has 0 heterocycles. The molecule has 0 unspecified atom stereocenters. The Balaban J connectivity index is 2.82. The van der Waals surface area contributed by atoms with Gasteiger partial charge in [0.2, 0.25) is 0 Å². The fraction of sp³-hybridized carbons (Fsp3) is 0.500. The third-order valence-electron chi connectivity index (χ3n) is 0.344. The lowest BCUT2D eigenvalue weighted by Crippen LogP contribution is -1.75. The minimum Gasteiger partial charge on any atom is -0.302 e. The van der Waals surface area contributed by atoms with Crippen molar-refractivity contribution in [3.05, 3.63) is 0 Å². The van der Waals surface area contributed by atoms with E-state index in [4.69, 9.17) is 0 Å². The number of carbonyl (C=O) groups is 1. The van der Waals surface area contributed by atoms with Gasteiger partial charge in [-0.25, -0.2) is 0 Å². The van der Waals surface area contributed by atoms with Crippen molar-refractivity contribution in [1.29, 1.82) is 0 Å². The molecule has 0 bridgehead atoms. The quantitative estimate of drug-likeness (QED) is 0.234. The molecule has 0 spiro atoms. The molecule has 0 aliphatic rings. The molecule has 0 rings (SSSR count). The van der Waals surface area contributed by atoms with E-state index in [2.05, 4.69) is 4.99 Å². The Labute approximate surface area is 47.0 Å². The van der Waals surface area contributed by atoms with Crippen LogP contribution in [-0.2, 0) is 4.79 Å². The SMILES string of the molecule is CN=CSCC=O. The number of aliphatic imine (C=N–C) groups is 1. The highest BCUT2D eigenvalue weighted by molar-refractivity contribution is 8.12. The second-order valence-electron chi connectivity index (χ2n) is 0.864. The first-order valence-electron chi connectivity index (χ1n) is 1.87. The number of nitrogens with zero attached hydrogens (tertiary/aromatic N) is 1. The second-order valence-corrected chi connectivity index (χ2v) is 1.74. The summed E-state index contributed by atoms with van der Waals surface area (Å²) in [7, 11) is 1.68. The molecule has 0 aromatic rings. The van der Waals surface area contributed by atoms with E-state index < -0.39 is 0 Å². The van der Waals surface area contributed by atoms with Crippen molar-refractivity contribution in [3.8, 4) is 0 Å². The predicted octanol–water partition coefficient (Wildman–Crippen LogP) is 0.577. The maximum absolute atomic E-state index is 9.60. The van der Waals surface area contributed by atoms with Gasteiger partial charge in [-0.1, -0.05) is 0 Å². The summed E-state index contributed by atoms with van der Waals surface area (Å²) in [6.45, 7) is 0. The van der Waals surface area contributed by atoms with Crippen LogP contribution in [0.5, 0.6) is 0 Å². The zero-order chi connectivity index (χ0) is 5.54. The van der Waals surface area contributed by atoms with E-state index >= 15 is 0 Å². The number of aldehydes is 1. The van der Waals surface area contributed by atoms with Gasteiger partial charge >= 0.3 is 0 Å². The Bertz CT molecular complexity index is 72.1. The molecule has 0 N–H and O–H groups in total. The molecule has 0 saturated carbocycles. The van der Waals surface area contributed by atoms with E-state index in [1.54, 1.807) is 12.6 Å². The van der Waals surface area contributed by atoms with Crippen molar-refractivity contribution in [2.24, 2.45) is 4.99 Å². The Morgan fingerprint density at radius 1 is 1.86 bits per heavy atom. The summed E-state index contributed by atoms with van der Waals surface area (Å²) in [5.74, 6) is 0.511. The summed E-state index contributed by atoms with van der Waals surface area (Å²) in [5.41, 5.74) is 1.65. The smallest absolute Gasteiger partial charge is 0.130 e. The summed E-state index contributed by atoms with van der Waals surface area (Å²) in [5, 5.41) is 0. The normalized spacial score (nSPS) is 9.86. The van der Waals surface area contributed by atoms with Gasteiger partial charge in [0.05, 0.1) is 11.3 Å². The van der Waals surface area contributed by atoms with Crippen molar-refractivity contribution in [1.82, 2.24) is 0 Å². The molecule has 7 heavy (non-hydrogen) atoms. The number of thioether (sulfide) groups is 1. The lowest BCUT2D eigenvalue weighted by Gasteiger charge is -1.76. The Morgan fingerprint density at radius 3 is 3.00 bits per heavy atom. The van der Waals surface area contributed by atoms with Crippen LogP contribution in [0.3, 0.4) is 0 Å². The molecule has 0 aromatic heterocycles. The highest BCUT2D eigenvalue weighted by atomic mass is 32.2. The van der Waals surface area contributed by atoms with Crippen LogP contribution >= 0.6 is 11.8 Å². The van der Waals surface area contributed by atoms with Crippen LogP contribution in [0.25, 0.3) is 0 Å². The van der Waals surface area contributed by atoms with Gasteiger partial charge in [0, 0.05) is 7.05 Å². The van der Waals surface area contributed by atoms with Crippen molar-refractivity contribution in [2.75, 3.05) is 12.8 Å². The van der Waals surface area contributed by atoms with Crippen molar-refractivity contribution < 1.29 is 4.79 Å². The fourth-order valence-corrected chi connectivity index (χ4v) is 0.471. The molecule has 0 fully saturated rings. The lowest BCUT2D eigenvalue weighted by atomic mass is 10.9. The van der Waals surface area contributed by atoms with Crippen molar-refractivity contribution in [3.63, 3.8) is 0 Å². The monoisotopic (exact) mass is 117 g/mol. The molecule has 0 atom stereocenters.